The summed E-state index contributed by atoms with van der Waals surface area (Å²) in [5.74, 6) is 1.79. The Balaban J connectivity index is 2.04. The molecule has 13 heteroatoms. The minimum Gasteiger partial charge on any atom is -0.479 e. The highest BCUT2D eigenvalue weighted by Gasteiger charge is 2.15. The van der Waals surface area contributed by atoms with Crippen molar-refractivity contribution in [1.82, 2.24) is 24.9 Å². The molecule has 0 bridgehead atoms. The van der Waals surface area contributed by atoms with E-state index in [4.69, 9.17) is 16.3 Å². The Morgan fingerprint density at radius 1 is 1.10 bits per heavy atom. The van der Waals surface area contributed by atoms with Crippen molar-refractivity contribution in [1.29, 1.82) is 0 Å². The molecule has 0 radical (unpaired) electrons. The molecule has 0 atom stereocenters. The molecular weight excluding hydrogens is 432 g/mol. The van der Waals surface area contributed by atoms with Gasteiger partial charge in [0.15, 0.2) is 5.82 Å². The topological polar surface area (TPSA) is 144 Å². The molecule has 0 saturated heterocycles. The minimum atomic E-state index is -3.53. The van der Waals surface area contributed by atoms with Gasteiger partial charge in [-0.05, 0) is 19.1 Å². The third-order valence-electron chi connectivity index (χ3n) is 3.67. The maximum absolute atomic E-state index is 11.6. The second-order valence-electron chi connectivity index (χ2n) is 6.11. The number of anilines is 4. The molecule has 0 aliphatic carbocycles. The molecule has 3 rings (SSSR count). The molecular formula is C17H19ClN8O3S. The number of pyridine rings is 2. The van der Waals surface area contributed by atoms with Crippen molar-refractivity contribution in [2.45, 2.75) is 6.92 Å². The summed E-state index contributed by atoms with van der Waals surface area (Å²) in [6.07, 6.45) is 3.98. The number of rotatable bonds is 7. The highest BCUT2D eigenvalue weighted by molar-refractivity contribution is 7.92. The second kappa shape index (κ2) is 8.63. The van der Waals surface area contributed by atoms with E-state index in [-0.39, 0.29) is 11.6 Å². The van der Waals surface area contributed by atoms with Crippen LogP contribution in [0.3, 0.4) is 0 Å². The molecule has 11 nitrogen and oxygen atoms in total. The highest BCUT2D eigenvalue weighted by Crippen LogP contribution is 2.31. The van der Waals surface area contributed by atoms with Crippen molar-refractivity contribution in [3.8, 4) is 17.3 Å². The monoisotopic (exact) mass is 450 g/mol. The fourth-order valence-electron chi connectivity index (χ4n) is 2.52. The van der Waals surface area contributed by atoms with Crippen LogP contribution in [0.25, 0.3) is 11.4 Å². The lowest BCUT2D eigenvalue weighted by Crippen LogP contribution is -2.11. The summed E-state index contributed by atoms with van der Waals surface area (Å²) in [7, 11) is -0.439. The number of methoxy groups -OCH3 is 1. The van der Waals surface area contributed by atoms with E-state index in [2.05, 4.69) is 40.3 Å². The third-order valence-corrected chi connectivity index (χ3v) is 4.47. The zero-order valence-electron chi connectivity index (χ0n) is 16.6. The fourth-order valence-corrected chi connectivity index (χ4v) is 3.22. The zero-order chi connectivity index (χ0) is 21.9. The summed E-state index contributed by atoms with van der Waals surface area (Å²) >= 11 is 6.14. The van der Waals surface area contributed by atoms with Crippen molar-refractivity contribution in [3.05, 3.63) is 35.4 Å². The van der Waals surface area contributed by atoms with Crippen molar-refractivity contribution in [2.75, 3.05) is 35.8 Å². The first-order chi connectivity index (χ1) is 14.2. The van der Waals surface area contributed by atoms with Crippen LogP contribution in [0, 0.1) is 6.92 Å². The van der Waals surface area contributed by atoms with Crippen LogP contribution in [0.2, 0.25) is 5.02 Å². The van der Waals surface area contributed by atoms with Gasteiger partial charge in [-0.3, -0.25) is 4.72 Å². The first-order valence-electron chi connectivity index (χ1n) is 8.53. The molecule has 3 aromatic heterocycles. The summed E-state index contributed by atoms with van der Waals surface area (Å²) in [4.78, 5) is 21.3. The van der Waals surface area contributed by atoms with Gasteiger partial charge >= 0.3 is 0 Å². The molecule has 30 heavy (non-hydrogen) atoms. The molecule has 0 amide bonds. The van der Waals surface area contributed by atoms with Gasteiger partial charge in [-0.2, -0.15) is 9.97 Å². The summed E-state index contributed by atoms with van der Waals surface area (Å²) in [6.45, 7) is 1.74. The van der Waals surface area contributed by atoms with Crippen LogP contribution < -0.4 is 20.1 Å². The predicted octanol–water partition coefficient (Wildman–Crippen LogP) is 2.46. The average molecular weight is 451 g/mol. The summed E-state index contributed by atoms with van der Waals surface area (Å²) in [5.41, 5.74) is 1.16. The highest BCUT2D eigenvalue weighted by atomic mass is 35.5. The predicted molar refractivity (Wildman–Crippen MR) is 115 cm³/mol. The number of hydrogen-bond acceptors (Lipinski definition) is 10. The van der Waals surface area contributed by atoms with Crippen molar-refractivity contribution in [3.63, 3.8) is 0 Å². The van der Waals surface area contributed by atoms with E-state index in [0.29, 0.717) is 39.7 Å². The van der Waals surface area contributed by atoms with Crippen molar-refractivity contribution >= 4 is 44.8 Å². The first-order valence-corrected chi connectivity index (χ1v) is 10.8. The molecule has 0 unspecified atom stereocenters. The van der Waals surface area contributed by atoms with Crippen LogP contribution in [0.4, 0.5) is 23.1 Å². The van der Waals surface area contributed by atoms with E-state index in [1.165, 1.54) is 25.6 Å². The SMILES string of the molecule is CNc1nc(C)nc(-c2cc(Cl)cnc2Nc2cnc(OC)c(NS(C)(=O)=O)c2)n1. The number of nitrogens with zero attached hydrogens (tertiary/aromatic N) is 5. The van der Waals surface area contributed by atoms with Crippen LogP contribution in [-0.2, 0) is 10.0 Å². The number of halogens is 1. The summed E-state index contributed by atoms with van der Waals surface area (Å²) in [6, 6.07) is 3.20. The van der Waals surface area contributed by atoms with E-state index in [9.17, 15) is 8.42 Å². The van der Waals surface area contributed by atoms with Crippen LogP contribution in [0.15, 0.2) is 24.5 Å². The smallest absolute Gasteiger partial charge is 0.238 e. The van der Waals surface area contributed by atoms with E-state index in [0.717, 1.165) is 6.26 Å². The van der Waals surface area contributed by atoms with Crippen molar-refractivity contribution < 1.29 is 13.2 Å². The summed E-state index contributed by atoms with van der Waals surface area (Å²) < 4.78 is 30.8. The number of ether oxygens (including phenoxy) is 1. The molecule has 0 saturated carbocycles. The Hall–Kier alpha value is -3.25. The number of nitrogens with one attached hydrogen (secondary N) is 3. The van der Waals surface area contributed by atoms with E-state index < -0.39 is 10.0 Å². The first kappa shape index (κ1) is 21.5. The van der Waals surface area contributed by atoms with Gasteiger partial charge in [-0.25, -0.2) is 23.4 Å². The lowest BCUT2D eigenvalue weighted by molar-refractivity contribution is 0.400. The normalized spacial score (nSPS) is 11.1. The lowest BCUT2D eigenvalue weighted by atomic mass is 10.2. The van der Waals surface area contributed by atoms with Crippen LogP contribution >= 0.6 is 11.6 Å². The number of aromatic nitrogens is 5. The lowest BCUT2D eigenvalue weighted by Gasteiger charge is -2.14. The molecule has 3 aromatic rings. The summed E-state index contributed by atoms with van der Waals surface area (Å²) in [5, 5.41) is 6.36. The van der Waals surface area contributed by atoms with Gasteiger partial charge in [-0.15, -0.1) is 0 Å². The zero-order valence-corrected chi connectivity index (χ0v) is 18.1. The molecule has 0 spiro atoms. The minimum absolute atomic E-state index is 0.127. The van der Waals surface area contributed by atoms with Gasteiger partial charge < -0.3 is 15.4 Å². The number of sulfonamides is 1. The number of hydrogen-bond donors (Lipinski definition) is 3. The molecule has 158 valence electrons. The van der Waals surface area contributed by atoms with Gasteiger partial charge in [0.05, 0.1) is 35.8 Å². The van der Waals surface area contributed by atoms with Crippen LogP contribution in [-0.4, -0.2) is 53.8 Å². The van der Waals surface area contributed by atoms with Crippen molar-refractivity contribution in [2.24, 2.45) is 0 Å². The molecule has 3 N–H and O–H groups in total. The molecule has 0 fully saturated rings. The maximum Gasteiger partial charge on any atom is 0.238 e. The quantitative estimate of drug-likeness (QED) is 0.490. The molecule has 0 aliphatic heterocycles. The maximum atomic E-state index is 11.6. The molecule has 0 aromatic carbocycles. The van der Waals surface area contributed by atoms with Gasteiger partial charge in [0.25, 0.3) is 0 Å². The van der Waals surface area contributed by atoms with E-state index >= 15 is 0 Å². The van der Waals surface area contributed by atoms with E-state index in [1.54, 1.807) is 20.0 Å². The van der Waals surface area contributed by atoms with Crippen LogP contribution in [0.1, 0.15) is 5.82 Å². The van der Waals surface area contributed by atoms with Gasteiger partial charge in [0, 0.05) is 13.2 Å². The largest absolute Gasteiger partial charge is 0.479 e. The third kappa shape index (κ3) is 5.21. The standard InChI is InChI=1S/C17H19ClN8O3S/c1-9-22-15(25-17(19-2)23-9)12-5-10(18)7-20-14(12)24-11-6-13(26-30(4,27)28)16(29-3)21-8-11/h5-8,26H,1-4H3,(H,20,24)(H,19,22,23,25). The van der Waals surface area contributed by atoms with Crippen LogP contribution in [0.5, 0.6) is 5.88 Å². The fraction of sp³-hybridized carbons (Fsp3) is 0.235. The van der Waals surface area contributed by atoms with Gasteiger partial charge in [-0.1, -0.05) is 11.6 Å². The Kier molecular flexibility index (Phi) is 6.17. The Morgan fingerprint density at radius 3 is 2.53 bits per heavy atom. The van der Waals surface area contributed by atoms with Gasteiger partial charge in [0.2, 0.25) is 21.9 Å². The Bertz CT molecular complexity index is 1190. The number of aryl methyl sites for hydroxylation is 1. The molecule has 0 aliphatic rings. The molecule has 3 heterocycles. The second-order valence-corrected chi connectivity index (χ2v) is 8.29. The Labute approximate surface area is 178 Å². The average Bonchev–Trinajstić information content (AvgIpc) is 2.68. The van der Waals surface area contributed by atoms with E-state index in [1.807, 2.05) is 0 Å². The Morgan fingerprint density at radius 2 is 1.87 bits per heavy atom. The van der Waals surface area contributed by atoms with Gasteiger partial charge in [0.1, 0.15) is 17.3 Å².